The minimum Gasteiger partial charge on any atom is -0.368 e. The number of alkyl halides is 3. The molecule has 0 unspecified atom stereocenters. The topological polar surface area (TPSA) is 54.3 Å². The van der Waals surface area contributed by atoms with E-state index in [-0.39, 0.29) is 5.91 Å². The molecule has 1 fully saturated rings. The number of rotatable bonds is 4. The third-order valence-corrected chi connectivity index (χ3v) is 6.52. The van der Waals surface area contributed by atoms with Crippen LogP contribution in [0.3, 0.4) is 0 Å². The van der Waals surface area contributed by atoms with Gasteiger partial charge in [-0.25, -0.2) is 0 Å². The van der Waals surface area contributed by atoms with Crippen molar-refractivity contribution < 1.29 is 18.0 Å². The Balaban J connectivity index is 1.30. The van der Waals surface area contributed by atoms with Gasteiger partial charge in [-0.05, 0) is 31.0 Å². The van der Waals surface area contributed by atoms with Crippen LogP contribution in [-0.2, 0) is 23.9 Å². The quantitative estimate of drug-likeness (QED) is 0.683. The predicted octanol–water partition coefficient (Wildman–Crippen LogP) is 3.46. The molecular formula is C20H24F3N5OS. The normalized spacial score (nSPS) is 17.6. The highest BCUT2D eigenvalue weighted by molar-refractivity contribution is 7.99. The van der Waals surface area contributed by atoms with Crippen LogP contribution in [0.2, 0.25) is 0 Å². The Morgan fingerprint density at radius 3 is 2.60 bits per heavy atom. The molecule has 3 heterocycles. The molecule has 1 aromatic carbocycles. The Bertz CT molecular complexity index is 893. The Kier molecular flexibility index (Phi) is 6.21. The van der Waals surface area contributed by atoms with Crippen LogP contribution >= 0.6 is 11.8 Å². The van der Waals surface area contributed by atoms with Gasteiger partial charge in [0.25, 0.3) is 0 Å². The summed E-state index contributed by atoms with van der Waals surface area (Å²) in [6, 6.07) is 5.35. The fourth-order valence-electron chi connectivity index (χ4n) is 3.88. The molecule has 0 radical (unpaired) electrons. The minimum atomic E-state index is -4.36. The van der Waals surface area contributed by atoms with E-state index in [1.807, 2.05) is 4.90 Å². The van der Waals surface area contributed by atoms with E-state index in [4.69, 9.17) is 0 Å². The van der Waals surface area contributed by atoms with Crippen molar-refractivity contribution in [2.75, 3.05) is 36.8 Å². The highest BCUT2D eigenvalue weighted by Gasteiger charge is 2.31. The number of piperazine rings is 1. The van der Waals surface area contributed by atoms with Gasteiger partial charge in [0.05, 0.1) is 11.3 Å². The van der Waals surface area contributed by atoms with E-state index in [0.29, 0.717) is 37.6 Å². The summed E-state index contributed by atoms with van der Waals surface area (Å²) in [4.78, 5) is 16.3. The molecule has 2 aromatic rings. The van der Waals surface area contributed by atoms with Gasteiger partial charge in [0.1, 0.15) is 5.82 Å². The highest BCUT2D eigenvalue weighted by atomic mass is 32.2. The smallest absolute Gasteiger partial charge is 0.368 e. The monoisotopic (exact) mass is 439 g/mol. The van der Waals surface area contributed by atoms with Crippen LogP contribution in [0, 0.1) is 0 Å². The summed E-state index contributed by atoms with van der Waals surface area (Å²) in [5.41, 5.74) is -0.111. The molecule has 0 spiro atoms. The van der Waals surface area contributed by atoms with Crippen LogP contribution in [-0.4, -0.2) is 57.5 Å². The number of carbonyl (C=O) groups is 1. The summed E-state index contributed by atoms with van der Waals surface area (Å²) in [6.07, 6.45) is -0.0194. The van der Waals surface area contributed by atoms with E-state index >= 15 is 0 Å². The van der Waals surface area contributed by atoms with Crippen LogP contribution in [0.5, 0.6) is 0 Å². The number of fused-ring (bicyclic) bond motifs is 1. The number of aromatic nitrogens is 3. The van der Waals surface area contributed by atoms with E-state index in [9.17, 15) is 18.0 Å². The third-order valence-electron chi connectivity index (χ3n) is 5.57. The third kappa shape index (κ3) is 4.74. The molecule has 1 saturated heterocycles. The second kappa shape index (κ2) is 8.87. The van der Waals surface area contributed by atoms with Gasteiger partial charge < -0.3 is 14.4 Å². The lowest BCUT2D eigenvalue weighted by molar-refractivity contribution is -0.137. The number of amides is 1. The summed E-state index contributed by atoms with van der Waals surface area (Å²) >= 11 is 1.41. The van der Waals surface area contributed by atoms with Crippen molar-refractivity contribution in [3.8, 4) is 0 Å². The SMILES string of the molecule is O=C(CSc1nnc2n1CCCCC2)N1CCN(c2cccc(C(F)(F)F)c2)CC1. The molecule has 0 atom stereocenters. The number of carbonyl (C=O) groups excluding carboxylic acids is 1. The first-order chi connectivity index (χ1) is 14.4. The molecule has 6 nitrogen and oxygen atoms in total. The minimum absolute atomic E-state index is 0.0228. The number of nitrogens with zero attached hydrogens (tertiary/aromatic N) is 5. The Morgan fingerprint density at radius 2 is 1.83 bits per heavy atom. The predicted molar refractivity (Wildman–Crippen MR) is 109 cm³/mol. The van der Waals surface area contributed by atoms with Crippen molar-refractivity contribution in [2.24, 2.45) is 0 Å². The number of hydrogen-bond acceptors (Lipinski definition) is 5. The molecule has 0 aliphatic carbocycles. The van der Waals surface area contributed by atoms with E-state index in [1.54, 1.807) is 11.0 Å². The van der Waals surface area contributed by atoms with Gasteiger partial charge in [-0.3, -0.25) is 4.79 Å². The first-order valence-electron chi connectivity index (χ1n) is 10.2. The second-order valence-electron chi connectivity index (χ2n) is 7.57. The van der Waals surface area contributed by atoms with Crippen LogP contribution in [0.4, 0.5) is 18.9 Å². The van der Waals surface area contributed by atoms with E-state index < -0.39 is 11.7 Å². The number of aryl methyl sites for hydroxylation is 1. The van der Waals surface area contributed by atoms with Gasteiger partial charge in [-0.15, -0.1) is 10.2 Å². The van der Waals surface area contributed by atoms with Crippen molar-refractivity contribution in [3.63, 3.8) is 0 Å². The molecule has 4 rings (SSSR count). The van der Waals surface area contributed by atoms with Crippen molar-refractivity contribution >= 4 is 23.4 Å². The number of anilines is 1. The van der Waals surface area contributed by atoms with Gasteiger partial charge in [-0.1, -0.05) is 24.2 Å². The van der Waals surface area contributed by atoms with Crippen molar-refractivity contribution in [1.82, 2.24) is 19.7 Å². The molecule has 1 amide bonds. The number of benzene rings is 1. The summed E-state index contributed by atoms with van der Waals surface area (Å²) in [5.74, 6) is 1.31. The maximum absolute atomic E-state index is 12.9. The van der Waals surface area contributed by atoms with Gasteiger partial charge in [0.15, 0.2) is 5.16 Å². The largest absolute Gasteiger partial charge is 0.416 e. The van der Waals surface area contributed by atoms with Crippen LogP contribution < -0.4 is 4.90 Å². The molecule has 2 aliphatic heterocycles. The van der Waals surface area contributed by atoms with Gasteiger partial charge >= 0.3 is 6.18 Å². The summed E-state index contributed by atoms with van der Waals surface area (Å²) < 4.78 is 41.0. The molecule has 162 valence electrons. The molecule has 1 aromatic heterocycles. The Labute approximate surface area is 177 Å². The second-order valence-corrected chi connectivity index (χ2v) is 8.51. The fraction of sp³-hybridized carbons (Fsp3) is 0.550. The summed E-state index contributed by atoms with van der Waals surface area (Å²) in [6.45, 7) is 2.91. The average molecular weight is 440 g/mol. The maximum atomic E-state index is 12.9. The molecule has 2 aliphatic rings. The van der Waals surface area contributed by atoms with Crippen LogP contribution in [0.25, 0.3) is 0 Å². The van der Waals surface area contributed by atoms with E-state index in [2.05, 4.69) is 14.8 Å². The zero-order valence-corrected chi connectivity index (χ0v) is 17.4. The Morgan fingerprint density at radius 1 is 1.03 bits per heavy atom. The first-order valence-corrected chi connectivity index (χ1v) is 11.2. The molecule has 0 saturated carbocycles. The lowest BCUT2D eigenvalue weighted by Crippen LogP contribution is -2.49. The molecule has 30 heavy (non-hydrogen) atoms. The van der Waals surface area contributed by atoms with Gasteiger partial charge in [0, 0.05) is 44.8 Å². The number of hydrogen-bond donors (Lipinski definition) is 0. The Hall–Kier alpha value is -2.23. The first kappa shape index (κ1) is 21.0. The number of thioether (sulfide) groups is 1. The zero-order valence-electron chi connectivity index (χ0n) is 16.6. The van der Waals surface area contributed by atoms with Crippen molar-refractivity contribution in [3.05, 3.63) is 35.7 Å². The fourth-order valence-corrected chi connectivity index (χ4v) is 4.76. The van der Waals surface area contributed by atoms with Gasteiger partial charge in [0.2, 0.25) is 5.91 Å². The summed E-state index contributed by atoms with van der Waals surface area (Å²) in [7, 11) is 0. The molecule has 0 N–H and O–H groups in total. The van der Waals surface area contributed by atoms with E-state index in [1.165, 1.54) is 30.3 Å². The highest BCUT2D eigenvalue weighted by Crippen LogP contribution is 2.32. The molecule has 0 bridgehead atoms. The zero-order chi connectivity index (χ0) is 21.1. The van der Waals surface area contributed by atoms with Crippen molar-refractivity contribution in [1.29, 1.82) is 0 Å². The molecular weight excluding hydrogens is 415 g/mol. The maximum Gasteiger partial charge on any atom is 0.416 e. The average Bonchev–Trinajstić information content (AvgIpc) is 2.97. The van der Waals surface area contributed by atoms with Crippen molar-refractivity contribution in [2.45, 2.75) is 43.6 Å². The lowest BCUT2D eigenvalue weighted by atomic mass is 10.1. The number of halogens is 3. The standard InChI is InChI=1S/C20H24F3N5OS/c21-20(22,23)15-5-4-6-16(13-15)26-9-11-27(12-10-26)18(29)14-30-19-25-24-17-7-2-1-3-8-28(17)19/h4-6,13H,1-3,7-12,14H2. The lowest BCUT2D eigenvalue weighted by Gasteiger charge is -2.36. The van der Waals surface area contributed by atoms with Gasteiger partial charge in [-0.2, -0.15) is 13.2 Å². The molecule has 10 heteroatoms. The van der Waals surface area contributed by atoms with E-state index in [0.717, 1.165) is 42.9 Å². The van der Waals surface area contributed by atoms with Crippen LogP contribution in [0.1, 0.15) is 30.7 Å². The van der Waals surface area contributed by atoms with Crippen LogP contribution in [0.15, 0.2) is 29.4 Å². The summed E-state index contributed by atoms with van der Waals surface area (Å²) in [5, 5.41) is 9.29.